The van der Waals surface area contributed by atoms with E-state index in [1.54, 1.807) is 0 Å². The predicted molar refractivity (Wildman–Crippen MR) is 68.9 cm³/mol. The van der Waals surface area contributed by atoms with E-state index in [0.717, 1.165) is 9.13 Å². The summed E-state index contributed by atoms with van der Waals surface area (Å²) in [5.41, 5.74) is 5.95. The number of amides is 1. The van der Waals surface area contributed by atoms with Crippen molar-refractivity contribution in [1.82, 2.24) is 0 Å². The molecule has 0 aliphatic rings. The van der Waals surface area contributed by atoms with Gasteiger partial charge in [-0.15, -0.1) is 0 Å². The number of benzene rings is 1. The van der Waals surface area contributed by atoms with Gasteiger partial charge in [0.25, 0.3) is 0 Å². The predicted octanol–water partition coefficient (Wildman–Crippen LogP) is 2.20. The number of aliphatic hydroxyl groups excluding tert-OH is 1. The molecule has 0 aliphatic carbocycles. The largest absolute Gasteiger partial charge is 0.441 e. The normalized spacial score (nSPS) is 12.1. The fourth-order valence-corrected chi connectivity index (χ4v) is 2.17. The number of primary amides is 1. The molecule has 0 unspecified atom stereocenters. The first kappa shape index (κ1) is 13.2. The summed E-state index contributed by atoms with van der Waals surface area (Å²) in [5, 5.41) is 8.79. The summed E-state index contributed by atoms with van der Waals surface area (Å²) in [5.74, 6) is 0. The highest BCUT2D eigenvalue weighted by molar-refractivity contribution is 14.1. The lowest BCUT2D eigenvalue weighted by Crippen LogP contribution is -2.18. The fraction of sp³-hybridized carbons (Fsp3) is 0.364. The molecule has 5 heteroatoms. The standard InChI is InChI=1S/C11H14INO3/c12-9-5-2-1-4-8(9)10(6-3-7-14)16-11(13)15/h1-2,4-5,10,14H,3,6-7H2,(H2,13,15)/t10-/m0/s1. The first-order chi connectivity index (χ1) is 7.65. The van der Waals surface area contributed by atoms with Crippen molar-refractivity contribution in [3.63, 3.8) is 0 Å². The molecule has 4 nitrogen and oxygen atoms in total. The van der Waals surface area contributed by atoms with E-state index < -0.39 is 6.09 Å². The molecular formula is C11H14INO3. The summed E-state index contributed by atoms with van der Waals surface area (Å²) < 4.78 is 6.06. The third-order valence-electron chi connectivity index (χ3n) is 2.13. The van der Waals surface area contributed by atoms with E-state index in [1.165, 1.54) is 0 Å². The summed E-state index contributed by atoms with van der Waals surface area (Å²) >= 11 is 2.18. The zero-order valence-electron chi connectivity index (χ0n) is 8.73. The Kier molecular flexibility index (Phi) is 5.54. The third-order valence-corrected chi connectivity index (χ3v) is 3.12. The molecule has 0 saturated heterocycles. The van der Waals surface area contributed by atoms with Gasteiger partial charge in [0, 0.05) is 15.7 Å². The minimum absolute atomic E-state index is 0.0715. The first-order valence-electron chi connectivity index (χ1n) is 4.96. The Hall–Kier alpha value is -0.820. The Morgan fingerprint density at radius 1 is 1.50 bits per heavy atom. The molecule has 1 amide bonds. The molecule has 1 rings (SSSR count). The number of ether oxygens (including phenoxy) is 1. The molecule has 0 saturated carbocycles. The minimum atomic E-state index is -0.789. The van der Waals surface area contributed by atoms with Gasteiger partial charge in [0.2, 0.25) is 0 Å². The molecule has 0 aliphatic heterocycles. The monoisotopic (exact) mass is 335 g/mol. The van der Waals surface area contributed by atoms with Crippen LogP contribution in [-0.2, 0) is 4.74 Å². The molecule has 0 fully saturated rings. The Bertz CT molecular complexity index is 357. The third kappa shape index (κ3) is 3.97. The van der Waals surface area contributed by atoms with Crippen LogP contribution in [0.4, 0.5) is 4.79 Å². The quantitative estimate of drug-likeness (QED) is 0.811. The zero-order chi connectivity index (χ0) is 12.0. The van der Waals surface area contributed by atoms with Gasteiger partial charge in [-0.1, -0.05) is 18.2 Å². The van der Waals surface area contributed by atoms with Crippen molar-refractivity contribution in [2.75, 3.05) is 6.61 Å². The van der Waals surface area contributed by atoms with Crippen LogP contribution in [0, 0.1) is 3.57 Å². The second-order valence-electron chi connectivity index (χ2n) is 3.31. The smallest absolute Gasteiger partial charge is 0.405 e. The lowest BCUT2D eigenvalue weighted by molar-refractivity contribution is 0.0951. The van der Waals surface area contributed by atoms with Crippen LogP contribution in [0.15, 0.2) is 24.3 Å². The van der Waals surface area contributed by atoms with Gasteiger partial charge in [0.1, 0.15) is 6.10 Å². The molecular weight excluding hydrogens is 321 g/mol. The molecule has 0 radical (unpaired) electrons. The van der Waals surface area contributed by atoms with Crippen LogP contribution in [0.25, 0.3) is 0 Å². The molecule has 1 aromatic carbocycles. The summed E-state index contributed by atoms with van der Waals surface area (Å²) in [7, 11) is 0. The number of halogens is 1. The van der Waals surface area contributed by atoms with Crippen molar-refractivity contribution in [1.29, 1.82) is 0 Å². The summed E-state index contributed by atoms with van der Waals surface area (Å²) in [6.07, 6.45) is -0.0251. The van der Waals surface area contributed by atoms with Crippen molar-refractivity contribution < 1.29 is 14.6 Å². The van der Waals surface area contributed by atoms with Gasteiger partial charge in [-0.25, -0.2) is 4.79 Å². The highest BCUT2D eigenvalue weighted by Gasteiger charge is 2.16. The summed E-state index contributed by atoms with van der Waals surface area (Å²) in [4.78, 5) is 10.8. The van der Waals surface area contributed by atoms with Crippen LogP contribution in [0.3, 0.4) is 0 Å². The van der Waals surface area contributed by atoms with E-state index in [-0.39, 0.29) is 12.7 Å². The van der Waals surface area contributed by atoms with Crippen LogP contribution < -0.4 is 5.73 Å². The number of hydrogen-bond acceptors (Lipinski definition) is 3. The van der Waals surface area contributed by atoms with Gasteiger partial charge < -0.3 is 15.6 Å². The topological polar surface area (TPSA) is 72.6 Å². The van der Waals surface area contributed by atoms with Gasteiger partial charge >= 0.3 is 6.09 Å². The molecule has 16 heavy (non-hydrogen) atoms. The Morgan fingerprint density at radius 2 is 2.19 bits per heavy atom. The Morgan fingerprint density at radius 3 is 2.75 bits per heavy atom. The SMILES string of the molecule is NC(=O)O[C@@H](CCCO)c1ccccc1I. The molecule has 88 valence electrons. The first-order valence-corrected chi connectivity index (χ1v) is 6.04. The minimum Gasteiger partial charge on any atom is -0.441 e. The van der Waals surface area contributed by atoms with Crippen molar-refractivity contribution >= 4 is 28.7 Å². The van der Waals surface area contributed by atoms with Gasteiger partial charge in [0.05, 0.1) is 0 Å². The molecule has 1 aromatic rings. The van der Waals surface area contributed by atoms with E-state index in [9.17, 15) is 4.79 Å². The average Bonchev–Trinajstić information content (AvgIpc) is 2.24. The van der Waals surface area contributed by atoms with Crippen LogP contribution in [0.1, 0.15) is 24.5 Å². The second kappa shape index (κ2) is 6.70. The van der Waals surface area contributed by atoms with E-state index in [2.05, 4.69) is 22.6 Å². The summed E-state index contributed by atoms with van der Waals surface area (Å²) in [6, 6.07) is 7.63. The molecule has 0 aromatic heterocycles. The molecule has 3 N–H and O–H groups in total. The Labute approximate surface area is 108 Å². The van der Waals surface area contributed by atoms with E-state index in [4.69, 9.17) is 15.6 Å². The van der Waals surface area contributed by atoms with Crippen molar-refractivity contribution in [3.05, 3.63) is 33.4 Å². The van der Waals surface area contributed by atoms with Crippen LogP contribution in [0.5, 0.6) is 0 Å². The van der Waals surface area contributed by atoms with Crippen LogP contribution >= 0.6 is 22.6 Å². The second-order valence-corrected chi connectivity index (χ2v) is 4.48. The number of carbonyl (C=O) groups excluding carboxylic acids is 1. The average molecular weight is 335 g/mol. The van der Waals surface area contributed by atoms with E-state index in [1.807, 2.05) is 24.3 Å². The molecule has 0 bridgehead atoms. The van der Waals surface area contributed by atoms with E-state index >= 15 is 0 Å². The van der Waals surface area contributed by atoms with Crippen LogP contribution in [-0.4, -0.2) is 17.8 Å². The molecule has 0 heterocycles. The van der Waals surface area contributed by atoms with Gasteiger partial charge in [-0.3, -0.25) is 0 Å². The fourth-order valence-electron chi connectivity index (χ4n) is 1.43. The number of nitrogens with two attached hydrogens (primary N) is 1. The van der Waals surface area contributed by atoms with Gasteiger partial charge in [-0.2, -0.15) is 0 Å². The number of rotatable bonds is 5. The maximum absolute atomic E-state index is 10.8. The summed E-state index contributed by atoms with van der Waals surface area (Å²) in [6.45, 7) is 0.0715. The number of aliphatic hydroxyl groups is 1. The number of carbonyl (C=O) groups is 1. The molecule has 1 atom stereocenters. The highest BCUT2D eigenvalue weighted by Crippen LogP contribution is 2.26. The van der Waals surface area contributed by atoms with Crippen LogP contribution in [0.2, 0.25) is 0 Å². The lowest BCUT2D eigenvalue weighted by Gasteiger charge is -2.17. The van der Waals surface area contributed by atoms with E-state index in [0.29, 0.717) is 12.8 Å². The van der Waals surface area contributed by atoms with Crippen molar-refractivity contribution in [2.24, 2.45) is 5.73 Å². The molecule has 0 spiro atoms. The maximum Gasteiger partial charge on any atom is 0.405 e. The Balaban J connectivity index is 2.82. The number of hydrogen-bond donors (Lipinski definition) is 2. The maximum atomic E-state index is 10.8. The zero-order valence-corrected chi connectivity index (χ0v) is 10.9. The van der Waals surface area contributed by atoms with Crippen molar-refractivity contribution in [2.45, 2.75) is 18.9 Å². The van der Waals surface area contributed by atoms with Gasteiger partial charge in [0.15, 0.2) is 0 Å². The van der Waals surface area contributed by atoms with Gasteiger partial charge in [-0.05, 0) is 41.5 Å². The lowest BCUT2D eigenvalue weighted by atomic mass is 10.1. The highest BCUT2D eigenvalue weighted by atomic mass is 127. The van der Waals surface area contributed by atoms with Crippen molar-refractivity contribution in [3.8, 4) is 0 Å².